The summed E-state index contributed by atoms with van der Waals surface area (Å²) in [7, 11) is 2.55. The highest BCUT2D eigenvalue weighted by Crippen LogP contribution is 2.35. The van der Waals surface area contributed by atoms with Crippen LogP contribution in [0.5, 0.6) is 0 Å². The van der Waals surface area contributed by atoms with Crippen molar-refractivity contribution in [1.82, 2.24) is 19.6 Å². The van der Waals surface area contributed by atoms with Crippen molar-refractivity contribution in [1.29, 1.82) is 5.26 Å². The van der Waals surface area contributed by atoms with E-state index < -0.39 is 25.9 Å². The summed E-state index contributed by atoms with van der Waals surface area (Å²) in [6.45, 7) is 6.45. The van der Waals surface area contributed by atoms with Crippen LogP contribution in [0.1, 0.15) is 132 Å². The number of hydrogen-bond donors (Lipinski definition) is 4. The SMILES string of the molecule is C#Cc1cc(C(=O)OC)ccc1Cl.COC(=O)c1ccc(Cl)c(Br)c1.COC(=O)c1ccc(Cl)c(C#C[Si](C)(C)C)c1.N#Cc1c(Br)nn(C2CCCC2)c1N.NC(=O)c1c(Br)nn(C2CCCC2)c1N.O=C(O)c1ccc(Cl)c(Br)c1. The van der Waals surface area contributed by atoms with Gasteiger partial charge in [0, 0.05) is 20.1 Å². The number of aromatic nitrogens is 4. The predicted molar refractivity (Wildman–Crippen MR) is 337 cm³/mol. The summed E-state index contributed by atoms with van der Waals surface area (Å²) in [5.41, 5.74) is 23.6. The molecule has 26 heteroatoms. The lowest BCUT2D eigenvalue weighted by Crippen LogP contribution is -2.16. The number of hydrogen-bond acceptors (Lipinski definition) is 13. The first-order chi connectivity index (χ1) is 38.6. The maximum Gasteiger partial charge on any atom is 0.337 e. The van der Waals surface area contributed by atoms with Crippen LogP contribution in [-0.2, 0) is 14.2 Å². The number of carboxylic acid groups (broad SMARTS) is 1. The molecule has 17 nitrogen and oxygen atoms in total. The molecule has 6 aromatic rings. The van der Waals surface area contributed by atoms with Crippen molar-refractivity contribution in [3.05, 3.63) is 156 Å². The number of terminal acetylenes is 1. The number of halogens is 8. The molecule has 0 unspecified atom stereocenters. The lowest BCUT2D eigenvalue weighted by Gasteiger charge is -2.11. The molecule has 2 aliphatic rings. The quantitative estimate of drug-likeness (QED) is 0.0501. The molecular formula is C56H56Br4Cl4N8O9Si. The van der Waals surface area contributed by atoms with E-state index >= 15 is 0 Å². The highest BCUT2D eigenvalue weighted by Gasteiger charge is 2.26. The smallest absolute Gasteiger partial charge is 0.337 e. The standard InChI is InChI=1S/C13H15ClO2Si.C10H7ClO2.C9H13BrN4O.C9H11BrN4.C8H6BrClO2.C7H4BrClO2/c1-16-13(15)11-5-6-12(14)10(9-11)7-8-17(2,3)4;1-3-7-6-8(10(12)13-2)4-5-9(7)11;10-7-6(9(12)15)8(11)14(13-7)5-3-1-2-4-5;10-8-7(5-11)9(12)14(13-8)6-3-1-2-4-6;1-12-8(11)5-2-3-7(10)6(9)4-5;8-5-3-4(7(10)11)1-2-6(5)9/h5-6,9H,1-4H3;1,4-6H,2H3;5H,1-4,11H2,(H2,12,15);6H,1-4,12H2;2-4H,1H3;1-3H,(H,10,11). The summed E-state index contributed by atoms with van der Waals surface area (Å²) >= 11 is 35.9. The first-order valence-electron chi connectivity index (χ1n) is 24.4. The Balaban J connectivity index is 0.000000259. The van der Waals surface area contributed by atoms with Crippen molar-refractivity contribution in [3.8, 4) is 29.9 Å². The maximum absolute atomic E-state index is 11.4. The molecule has 4 aromatic carbocycles. The van der Waals surface area contributed by atoms with Gasteiger partial charge in [0.1, 0.15) is 46.1 Å². The number of primary amides is 1. The van der Waals surface area contributed by atoms with Crippen LogP contribution < -0.4 is 17.2 Å². The van der Waals surface area contributed by atoms with Crippen LogP contribution in [0.3, 0.4) is 0 Å². The number of nitrogens with zero attached hydrogens (tertiary/aromatic N) is 5. The second kappa shape index (κ2) is 34.1. The van der Waals surface area contributed by atoms with Gasteiger partial charge >= 0.3 is 23.9 Å². The van der Waals surface area contributed by atoms with Gasteiger partial charge in [0.25, 0.3) is 5.91 Å². The van der Waals surface area contributed by atoms with E-state index in [1.165, 1.54) is 71.3 Å². The lowest BCUT2D eigenvalue weighted by molar-refractivity contribution is 0.0592. The average molecular weight is 1470 g/mol. The van der Waals surface area contributed by atoms with Gasteiger partial charge in [0.2, 0.25) is 0 Å². The number of esters is 3. The highest BCUT2D eigenvalue weighted by molar-refractivity contribution is 9.11. The molecule has 2 saturated carbocycles. The van der Waals surface area contributed by atoms with Crippen molar-refractivity contribution < 1.29 is 43.3 Å². The van der Waals surface area contributed by atoms with Crippen molar-refractivity contribution in [2.24, 2.45) is 5.73 Å². The number of methoxy groups -OCH3 is 3. The molecule has 2 fully saturated rings. The van der Waals surface area contributed by atoms with Gasteiger partial charge < -0.3 is 36.5 Å². The molecule has 2 aromatic heterocycles. The minimum Gasteiger partial charge on any atom is -0.478 e. The Labute approximate surface area is 530 Å². The van der Waals surface area contributed by atoms with Gasteiger partial charge in [0.05, 0.1) is 75.8 Å². The first-order valence-corrected chi connectivity index (χ1v) is 32.6. The van der Waals surface area contributed by atoms with Gasteiger partial charge in [-0.15, -0.1) is 12.0 Å². The molecule has 2 heterocycles. The number of nitrogens with two attached hydrogens (primary N) is 3. The zero-order valence-electron chi connectivity index (χ0n) is 45.0. The van der Waals surface area contributed by atoms with E-state index in [2.05, 4.69) is 131 Å². The predicted octanol–water partition coefficient (Wildman–Crippen LogP) is 14.8. The average Bonchev–Trinajstić information content (AvgIpc) is 4.46. The summed E-state index contributed by atoms with van der Waals surface area (Å²) in [6, 6.07) is 21.7. The van der Waals surface area contributed by atoms with Gasteiger partial charge in [-0.05, 0) is 162 Å². The zero-order chi connectivity index (χ0) is 61.6. The van der Waals surface area contributed by atoms with Crippen molar-refractivity contribution >= 4 is 160 Å². The van der Waals surface area contributed by atoms with E-state index in [9.17, 15) is 24.0 Å². The van der Waals surface area contributed by atoms with Gasteiger partial charge in [-0.3, -0.25) is 4.79 Å². The van der Waals surface area contributed by atoms with E-state index in [4.69, 9.17) is 80.4 Å². The number of nitrogen functional groups attached to an aromatic ring is 2. The number of ether oxygens (including phenoxy) is 3. The van der Waals surface area contributed by atoms with Crippen LogP contribution in [0.2, 0.25) is 39.7 Å². The van der Waals surface area contributed by atoms with E-state index in [0.29, 0.717) is 101 Å². The lowest BCUT2D eigenvalue weighted by atomic mass is 10.1. The number of carboxylic acids is 1. The highest BCUT2D eigenvalue weighted by atomic mass is 79.9. The van der Waals surface area contributed by atoms with Gasteiger partial charge in [-0.2, -0.15) is 15.5 Å². The number of aromatic carboxylic acids is 1. The molecule has 0 spiro atoms. The van der Waals surface area contributed by atoms with E-state index in [0.717, 1.165) is 25.7 Å². The Morgan fingerprint density at radius 3 is 1.38 bits per heavy atom. The summed E-state index contributed by atoms with van der Waals surface area (Å²) in [6.07, 6.45) is 14.4. The number of rotatable bonds is 7. The third-order valence-electron chi connectivity index (χ3n) is 11.5. The first kappa shape index (κ1) is 70.4. The Kier molecular flexibility index (Phi) is 29.3. The number of carbonyl (C=O) groups is 5. The van der Waals surface area contributed by atoms with Crippen LogP contribution in [0.25, 0.3) is 0 Å². The second-order valence-electron chi connectivity index (χ2n) is 18.4. The minimum absolute atomic E-state index is 0.223. The Morgan fingerprint density at radius 1 is 0.634 bits per heavy atom. The zero-order valence-corrected chi connectivity index (χ0v) is 55.4. The largest absolute Gasteiger partial charge is 0.478 e. The molecular weight excluding hydrogens is 1420 g/mol. The van der Waals surface area contributed by atoms with Crippen LogP contribution in [-0.4, -0.2) is 83.9 Å². The molecule has 2 aliphatic carbocycles. The molecule has 82 heavy (non-hydrogen) atoms. The summed E-state index contributed by atoms with van der Waals surface area (Å²) in [5, 5.41) is 27.9. The third kappa shape index (κ3) is 21.4. The Hall–Kier alpha value is -5.84. The molecule has 0 bridgehead atoms. The number of benzene rings is 4. The molecule has 0 radical (unpaired) electrons. The van der Waals surface area contributed by atoms with Gasteiger partial charge in [-0.1, -0.05) is 104 Å². The van der Waals surface area contributed by atoms with E-state index in [1.807, 2.05) is 0 Å². The van der Waals surface area contributed by atoms with Crippen LogP contribution in [0.15, 0.2) is 90.9 Å². The molecule has 0 saturated heterocycles. The number of anilines is 2. The summed E-state index contributed by atoms with van der Waals surface area (Å²) in [5.74, 6) is 3.62. The van der Waals surface area contributed by atoms with Crippen molar-refractivity contribution in [2.45, 2.75) is 83.1 Å². The summed E-state index contributed by atoms with van der Waals surface area (Å²) < 4.78 is 19.5. The molecule has 8 rings (SSSR count). The van der Waals surface area contributed by atoms with E-state index in [1.54, 1.807) is 57.9 Å². The molecule has 0 aliphatic heterocycles. The molecule has 7 N–H and O–H groups in total. The molecule has 434 valence electrons. The fourth-order valence-corrected chi connectivity index (χ4v) is 10.3. The van der Waals surface area contributed by atoms with Crippen LogP contribution in [0, 0.1) is 35.1 Å². The Bertz CT molecular complexity index is 3430. The van der Waals surface area contributed by atoms with E-state index in [-0.39, 0.29) is 17.5 Å². The topological polar surface area (TPSA) is 271 Å². The minimum atomic E-state index is -1.45. The monoisotopic (exact) mass is 1470 g/mol. The normalized spacial score (nSPS) is 12.3. The number of amides is 1. The fourth-order valence-electron chi connectivity index (χ4n) is 7.39. The van der Waals surface area contributed by atoms with Crippen LogP contribution in [0.4, 0.5) is 11.6 Å². The number of nitriles is 1. The fraction of sp³-hybridized carbons (Fsp3) is 0.286. The van der Waals surface area contributed by atoms with Crippen molar-refractivity contribution in [2.75, 3.05) is 32.8 Å². The second-order valence-corrected chi connectivity index (χ2v) is 28.0. The maximum atomic E-state index is 11.4. The van der Waals surface area contributed by atoms with Crippen molar-refractivity contribution in [3.63, 3.8) is 0 Å². The summed E-state index contributed by atoms with van der Waals surface area (Å²) in [4.78, 5) is 55.0. The number of carbonyl (C=O) groups excluding carboxylic acids is 4. The Morgan fingerprint density at radius 2 is 1.01 bits per heavy atom. The van der Waals surface area contributed by atoms with Crippen LogP contribution >= 0.6 is 110 Å². The third-order valence-corrected chi connectivity index (χ3v) is 16.6. The molecule has 0 atom stereocenters. The van der Waals surface area contributed by atoms with Gasteiger partial charge in [-0.25, -0.2) is 28.5 Å². The molecule has 1 amide bonds. The van der Waals surface area contributed by atoms with Gasteiger partial charge in [0.15, 0.2) is 0 Å².